The van der Waals surface area contributed by atoms with Crippen molar-refractivity contribution in [3.05, 3.63) is 23.5 Å². The van der Waals surface area contributed by atoms with Gasteiger partial charge in [-0.25, -0.2) is 4.79 Å². The summed E-state index contributed by atoms with van der Waals surface area (Å²) in [5.41, 5.74) is 0. The minimum Gasteiger partial charge on any atom is -0.333 e. The molecule has 0 aliphatic heterocycles. The van der Waals surface area contributed by atoms with E-state index in [2.05, 4.69) is 25.9 Å². The zero-order valence-corrected chi connectivity index (χ0v) is 12.5. The van der Waals surface area contributed by atoms with Crippen LogP contribution in [-0.4, -0.2) is 32.1 Å². The van der Waals surface area contributed by atoms with Crippen LogP contribution in [0.2, 0.25) is 0 Å². The number of hydrogen-bond acceptors (Lipinski definition) is 5. The lowest BCUT2D eigenvalue weighted by atomic mass is 10.2. The summed E-state index contributed by atoms with van der Waals surface area (Å²) in [5.74, 6) is 0.310. The molecule has 2 N–H and O–H groups in total. The Bertz CT molecular complexity index is 550. The molecule has 0 saturated carbocycles. The third-order valence-electron chi connectivity index (χ3n) is 2.55. The highest BCUT2D eigenvalue weighted by atomic mass is 32.1. The molecular weight excluding hydrogens is 276 g/mol. The van der Waals surface area contributed by atoms with E-state index in [1.54, 1.807) is 10.9 Å². The first-order valence-electron chi connectivity index (χ1n) is 6.43. The lowest BCUT2D eigenvalue weighted by Crippen LogP contribution is -2.38. The number of carbonyl (C=O) groups excluding carboxylic acids is 1. The number of amides is 2. The molecule has 1 atom stereocenters. The largest absolute Gasteiger partial charge is 0.333 e. The molecule has 0 fully saturated rings. The molecule has 8 heteroatoms. The number of nitrogens with one attached hydrogen (secondary N) is 2. The molecule has 20 heavy (non-hydrogen) atoms. The maximum Gasteiger partial charge on any atom is 0.321 e. The minimum atomic E-state index is -0.281. The third kappa shape index (κ3) is 4.02. The molecule has 2 aromatic rings. The van der Waals surface area contributed by atoms with Crippen molar-refractivity contribution in [2.24, 2.45) is 0 Å². The van der Waals surface area contributed by atoms with Crippen LogP contribution in [-0.2, 0) is 6.54 Å². The second-order valence-electron chi connectivity index (χ2n) is 4.83. The summed E-state index contributed by atoms with van der Waals surface area (Å²) in [7, 11) is 0. The Labute approximate surface area is 121 Å². The van der Waals surface area contributed by atoms with Crippen molar-refractivity contribution in [1.29, 1.82) is 0 Å². The Kier molecular flexibility index (Phi) is 4.67. The Morgan fingerprint density at radius 1 is 1.40 bits per heavy atom. The van der Waals surface area contributed by atoms with Gasteiger partial charge in [0.05, 0.1) is 6.54 Å². The van der Waals surface area contributed by atoms with Crippen LogP contribution in [0.25, 0.3) is 0 Å². The predicted octanol–water partition coefficient (Wildman–Crippen LogP) is 2.07. The summed E-state index contributed by atoms with van der Waals surface area (Å²) in [6.07, 6.45) is 3.57. The smallest absolute Gasteiger partial charge is 0.321 e. The van der Waals surface area contributed by atoms with Gasteiger partial charge in [0.1, 0.15) is 5.01 Å². The molecule has 0 unspecified atom stereocenters. The number of hydrogen-bond donors (Lipinski definition) is 2. The SMILES string of the molecule is CC(C)c1nnc(NC(=O)N[C@@H](C)Cn2cccn2)s1. The molecule has 2 rings (SSSR count). The Balaban J connectivity index is 1.82. The van der Waals surface area contributed by atoms with Crippen LogP contribution in [0.1, 0.15) is 31.7 Å². The van der Waals surface area contributed by atoms with Crippen molar-refractivity contribution < 1.29 is 4.79 Å². The number of carbonyl (C=O) groups is 1. The molecule has 108 valence electrons. The molecular formula is C12H18N6OS. The van der Waals surface area contributed by atoms with Crippen molar-refractivity contribution in [1.82, 2.24) is 25.3 Å². The summed E-state index contributed by atoms with van der Waals surface area (Å²) in [5, 5.41) is 19.0. The Hall–Kier alpha value is -1.96. The fourth-order valence-electron chi connectivity index (χ4n) is 1.61. The van der Waals surface area contributed by atoms with E-state index in [4.69, 9.17) is 0 Å². The van der Waals surface area contributed by atoms with Crippen LogP contribution < -0.4 is 10.6 Å². The van der Waals surface area contributed by atoms with Gasteiger partial charge in [0.25, 0.3) is 0 Å². The molecule has 2 amide bonds. The van der Waals surface area contributed by atoms with Crippen LogP contribution >= 0.6 is 11.3 Å². The van der Waals surface area contributed by atoms with Gasteiger partial charge in [0.2, 0.25) is 5.13 Å². The zero-order valence-electron chi connectivity index (χ0n) is 11.7. The van der Waals surface area contributed by atoms with Crippen molar-refractivity contribution in [3.8, 4) is 0 Å². The van der Waals surface area contributed by atoms with Crippen molar-refractivity contribution >= 4 is 22.5 Å². The van der Waals surface area contributed by atoms with E-state index < -0.39 is 0 Å². The second kappa shape index (κ2) is 6.47. The topological polar surface area (TPSA) is 84.7 Å². The van der Waals surface area contributed by atoms with Gasteiger partial charge in [0.15, 0.2) is 0 Å². The fraction of sp³-hybridized carbons (Fsp3) is 0.500. The number of nitrogens with zero attached hydrogens (tertiary/aromatic N) is 4. The maximum atomic E-state index is 11.8. The quantitative estimate of drug-likeness (QED) is 0.884. The van der Waals surface area contributed by atoms with Gasteiger partial charge in [-0.1, -0.05) is 25.2 Å². The molecule has 0 spiro atoms. The summed E-state index contributed by atoms with van der Waals surface area (Å²) in [6.45, 7) is 6.61. The second-order valence-corrected chi connectivity index (χ2v) is 5.84. The van der Waals surface area contributed by atoms with Gasteiger partial charge in [-0.2, -0.15) is 5.10 Å². The fourth-order valence-corrected chi connectivity index (χ4v) is 2.35. The summed E-state index contributed by atoms with van der Waals surface area (Å²) >= 11 is 1.39. The van der Waals surface area contributed by atoms with Gasteiger partial charge in [-0.3, -0.25) is 10.00 Å². The normalized spacial score (nSPS) is 12.4. The molecule has 0 aliphatic carbocycles. The standard InChI is InChI=1S/C12H18N6OS/c1-8(2)10-16-17-12(20-10)15-11(19)14-9(3)7-18-6-4-5-13-18/h4-6,8-9H,7H2,1-3H3,(H2,14,15,17,19)/t9-/m0/s1. The summed E-state index contributed by atoms with van der Waals surface area (Å²) in [4.78, 5) is 11.8. The van der Waals surface area contributed by atoms with Gasteiger partial charge >= 0.3 is 6.03 Å². The van der Waals surface area contributed by atoms with Crippen LogP contribution in [0.5, 0.6) is 0 Å². The molecule has 7 nitrogen and oxygen atoms in total. The maximum absolute atomic E-state index is 11.8. The van der Waals surface area contributed by atoms with Gasteiger partial charge < -0.3 is 5.32 Å². The lowest BCUT2D eigenvalue weighted by molar-refractivity contribution is 0.247. The lowest BCUT2D eigenvalue weighted by Gasteiger charge is -2.13. The van der Waals surface area contributed by atoms with Crippen molar-refractivity contribution in [2.45, 2.75) is 39.3 Å². The molecule has 0 radical (unpaired) electrons. The number of urea groups is 1. The molecule has 0 aromatic carbocycles. The van der Waals surface area contributed by atoms with Gasteiger partial charge in [0, 0.05) is 24.4 Å². The molecule has 2 aromatic heterocycles. The predicted molar refractivity (Wildman–Crippen MR) is 77.8 cm³/mol. The molecule has 2 heterocycles. The third-order valence-corrected chi connectivity index (χ3v) is 3.69. The highest BCUT2D eigenvalue weighted by Crippen LogP contribution is 2.22. The molecule has 0 saturated heterocycles. The van der Waals surface area contributed by atoms with Crippen LogP contribution in [0, 0.1) is 0 Å². The first kappa shape index (κ1) is 14.4. The highest BCUT2D eigenvalue weighted by molar-refractivity contribution is 7.15. The summed E-state index contributed by atoms with van der Waals surface area (Å²) < 4.78 is 1.77. The van der Waals surface area contributed by atoms with E-state index in [0.29, 0.717) is 17.6 Å². The van der Waals surface area contributed by atoms with E-state index >= 15 is 0 Å². The average molecular weight is 294 g/mol. The van der Waals surface area contributed by atoms with Crippen LogP contribution in [0.3, 0.4) is 0 Å². The zero-order chi connectivity index (χ0) is 14.5. The highest BCUT2D eigenvalue weighted by Gasteiger charge is 2.12. The monoisotopic (exact) mass is 294 g/mol. The first-order valence-corrected chi connectivity index (χ1v) is 7.24. The number of rotatable bonds is 5. The molecule has 0 bridgehead atoms. The Morgan fingerprint density at radius 3 is 2.80 bits per heavy atom. The minimum absolute atomic E-state index is 0.0348. The van der Waals surface area contributed by atoms with Crippen LogP contribution in [0.15, 0.2) is 18.5 Å². The van der Waals surface area contributed by atoms with Crippen molar-refractivity contribution in [3.63, 3.8) is 0 Å². The van der Waals surface area contributed by atoms with E-state index in [1.165, 1.54) is 11.3 Å². The number of aromatic nitrogens is 4. The molecule has 0 aliphatic rings. The van der Waals surface area contributed by atoms with E-state index in [9.17, 15) is 4.79 Å². The summed E-state index contributed by atoms with van der Waals surface area (Å²) in [6, 6.07) is 1.53. The number of anilines is 1. The Morgan fingerprint density at radius 2 is 2.20 bits per heavy atom. The van der Waals surface area contributed by atoms with Gasteiger partial charge in [-0.15, -0.1) is 10.2 Å². The van der Waals surface area contributed by atoms with E-state index in [1.807, 2.05) is 33.0 Å². The van der Waals surface area contributed by atoms with E-state index in [-0.39, 0.29) is 12.1 Å². The van der Waals surface area contributed by atoms with Gasteiger partial charge in [-0.05, 0) is 13.0 Å². The average Bonchev–Trinajstić information content (AvgIpc) is 2.99. The van der Waals surface area contributed by atoms with Crippen molar-refractivity contribution in [2.75, 3.05) is 5.32 Å². The van der Waals surface area contributed by atoms with Crippen LogP contribution in [0.4, 0.5) is 9.93 Å². The van der Waals surface area contributed by atoms with E-state index in [0.717, 1.165) is 5.01 Å². The first-order chi connectivity index (χ1) is 9.54.